The van der Waals surface area contributed by atoms with Crippen LogP contribution in [0.2, 0.25) is 5.02 Å². The molecule has 0 fully saturated rings. The molecule has 0 N–H and O–H groups in total. The molecule has 0 saturated carbocycles. The number of rotatable bonds is 4. The van der Waals surface area contributed by atoms with Crippen LogP contribution in [0.15, 0.2) is 41.3 Å². The van der Waals surface area contributed by atoms with Gasteiger partial charge in [0.25, 0.3) is 0 Å². The standard InChI is InChI=1S/C10H10Cl2S/c11-7-1-2-8-13-10-5-3-9(12)4-6-10/h1-6H,7-8H2. The summed E-state index contributed by atoms with van der Waals surface area (Å²) in [5.41, 5.74) is 0. The maximum atomic E-state index is 5.75. The van der Waals surface area contributed by atoms with Crippen molar-refractivity contribution in [3.05, 3.63) is 41.4 Å². The monoisotopic (exact) mass is 232 g/mol. The topological polar surface area (TPSA) is 0 Å². The van der Waals surface area contributed by atoms with Crippen molar-refractivity contribution in [1.82, 2.24) is 0 Å². The lowest BCUT2D eigenvalue weighted by atomic mass is 10.4. The molecule has 0 atom stereocenters. The summed E-state index contributed by atoms with van der Waals surface area (Å²) in [5, 5.41) is 0.778. The third-order valence-corrected chi connectivity index (χ3v) is 2.81. The van der Waals surface area contributed by atoms with Crippen LogP contribution in [-0.2, 0) is 0 Å². The molecule has 0 radical (unpaired) electrons. The maximum absolute atomic E-state index is 5.75. The van der Waals surface area contributed by atoms with Crippen LogP contribution in [0.4, 0.5) is 0 Å². The van der Waals surface area contributed by atoms with Crippen LogP contribution in [0.1, 0.15) is 0 Å². The second kappa shape index (κ2) is 6.36. The highest BCUT2D eigenvalue weighted by molar-refractivity contribution is 7.99. The van der Waals surface area contributed by atoms with Crippen LogP contribution in [0.5, 0.6) is 0 Å². The summed E-state index contributed by atoms with van der Waals surface area (Å²) in [6, 6.07) is 7.83. The number of allylic oxidation sites excluding steroid dienone is 1. The lowest BCUT2D eigenvalue weighted by Crippen LogP contribution is -1.74. The van der Waals surface area contributed by atoms with Crippen molar-refractivity contribution in [2.24, 2.45) is 0 Å². The Hall–Kier alpha value is -0.110. The van der Waals surface area contributed by atoms with Gasteiger partial charge in [-0.1, -0.05) is 23.8 Å². The molecule has 3 heteroatoms. The predicted molar refractivity (Wildman–Crippen MR) is 62.0 cm³/mol. The van der Waals surface area contributed by atoms with Gasteiger partial charge in [-0.05, 0) is 24.3 Å². The van der Waals surface area contributed by atoms with E-state index in [0.29, 0.717) is 5.88 Å². The maximum Gasteiger partial charge on any atom is 0.0406 e. The van der Waals surface area contributed by atoms with Gasteiger partial charge < -0.3 is 0 Å². The Morgan fingerprint density at radius 1 is 1.15 bits per heavy atom. The van der Waals surface area contributed by atoms with Gasteiger partial charge in [0.05, 0.1) is 0 Å². The highest BCUT2D eigenvalue weighted by Gasteiger charge is 1.91. The molecule has 0 heterocycles. The fraction of sp³-hybridized carbons (Fsp3) is 0.200. The SMILES string of the molecule is ClCC=CCSc1ccc(Cl)cc1. The van der Waals surface area contributed by atoms with E-state index in [2.05, 4.69) is 6.08 Å². The second-order valence-electron chi connectivity index (χ2n) is 2.39. The molecule has 0 bridgehead atoms. The van der Waals surface area contributed by atoms with E-state index in [-0.39, 0.29) is 0 Å². The minimum absolute atomic E-state index is 0.585. The number of hydrogen-bond acceptors (Lipinski definition) is 1. The molecular formula is C10H10Cl2S. The van der Waals surface area contributed by atoms with E-state index in [4.69, 9.17) is 23.2 Å². The van der Waals surface area contributed by atoms with Gasteiger partial charge in [-0.3, -0.25) is 0 Å². The summed E-state index contributed by atoms with van der Waals surface area (Å²) < 4.78 is 0. The Balaban J connectivity index is 2.37. The van der Waals surface area contributed by atoms with E-state index in [9.17, 15) is 0 Å². The molecule has 0 saturated heterocycles. The molecule has 1 aromatic carbocycles. The lowest BCUT2D eigenvalue weighted by molar-refractivity contribution is 1.46. The number of alkyl halides is 1. The van der Waals surface area contributed by atoms with Gasteiger partial charge in [0.15, 0.2) is 0 Å². The van der Waals surface area contributed by atoms with Gasteiger partial charge in [-0.2, -0.15) is 0 Å². The first-order chi connectivity index (χ1) is 6.33. The molecule has 0 nitrogen and oxygen atoms in total. The minimum atomic E-state index is 0.585. The normalized spacial score (nSPS) is 10.9. The van der Waals surface area contributed by atoms with Crippen molar-refractivity contribution in [2.45, 2.75) is 4.90 Å². The highest BCUT2D eigenvalue weighted by atomic mass is 35.5. The Labute approximate surface area is 92.9 Å². The summed E-state index contributed by atoms with van der Waals surface area (Å²) in [6.45, 7) is 0. The van der Waals surface area contributed by atoms with E-state index >= 15 is 0 Å². The van der Waals surface area contributed by atoms with Crippen LogP contribution in [0.3, 0.4) is 0 Å². The molecule has 0 aliphatic rings. The Bertz CT molecular complexity index is 267. The number of hydrogen-bond donors (Lipinski definition) is 0. The van der Waals surface area contributed by atoms with Gasteiger partial charge in [0, 0.05) is 21.6 Å². The summed E-state index contributed by atoms with van der Waals surface area (Å²) in [7, 11) is 0. The molecule has 0 aliphatic heterocycles. The number of benzene rings is 1. The van der Waals surface area contributed by atoms with Gasteiger partial charge in [-0.15, -0.1) is 23.4 Å². The fourth-order valence-electron chi connectivity index (χ4n) is 0.806. The Morgan fingerprint density at radius 2 is 1.85 bits per heavy atom. The Kier molecular flexibility index (Phi) is 5.37. The van der Waals surface area contributed by atoms with E-state index in [1.54, 1.807) is 11.8 Å². The zero-order chi connectivity index (χ0) is 9.52. The van der Waals surface area contributed by atoms with E-state index in [1.165, 1.54) is 4.90 Å². The number of thioether (sulfide) groups is 1. The molecule has 13 heavy (non-hydrogen) atoms. The van der Waals surface area contributed by atoms with Crippen molar-refractivity contribution >= 4 is 35.0 Å². The van der Waals surface area contributed by atoms with Crippen molar-refractivity contribution in [2.75, 3.05) is 11.6 Å². The minimum Gasteiger partial charge on any atom is -0.122 e. The summed E-state index contributed by atoms with van der Waals surface area (Å²) in [6.07, 6.45) is 4.01. The zero-order valence-electron chi connectivity index (χ0n) is 7.04. The Morgan fingerprint density at radius 3 is 2.46 bits per heavy atom. The molecule has 0 amide bonds. The zero-order valence-corrected chi connectivity index (χ0v) is 9.37. The average Bonchev–Trinajstić information content (AvgIpc) is 2.15. The average molecular weight is 233 g/mol. The van der Waals surface area contributed by atoms with Gasteiger partial charge in [-0.25, -0.2) is 0 Å². The molecule has 0 unspecified atom stereocenters. The van der Waals surface area contributed by atoms with Gasteiger partial charge in [0.1, 0.15) is 0 Å². The summed E-state index contributed by atoms with van der Waals surface area (Å²) in [5.74, 6) is 1.54. The molecule has 1 aromatic rings. The van der Waals surface area contributed by atoms with Crippen molar-refractivity contribution in [3.63, 3.8) is 0 Å². The van der Waals surface area contributed by atoms with Crippen LogP contribution >= 0.6 is 35.0 Å². The molecule has 0 spiro atoms. The molecule has 1 rings (SSSR count). The predicted octanol–water partition coefficient (Wildman–Crippen LogP) is 4.23. The van der Waals surface area contributed by atoms with Gasteiger partial charge >= 0.3 is 0 Å². The van der Waals surface area contributed by atoms with Gasteiger partial charge in [0.2, 0.25) is 0 Å². The van der Waals surface area contributed by atoms with Crippen LogP contribution in [-0.4, -0.2) is 11.6 Å². The number of halogens is 2. The first-order valence-corrected chi connectivity index (χ1v) is 5.82. The highest BCUT2D eigenvalue weighted by Crippen LogP contribution is 2.20. The quantitative estimate of drug-likeness (QED) is 0.426. The molecule has 0 aliphatic carbocycles. The van der Waals surface area contributed by atoms with Crippen molar-refractivity contribution < 1.29 is 0 Å². The van der Waals surface area contributed by atoms with Crippen LogP contribution in [0.25, 0.3) is 0 Å². The molecule has 70 valence electrons. The first kappa shape index (κ1) is 11.0. The third kappa shape index (κ3) is 4.61. The van der Waals surface area contributed by atoms with E-state index < -0.39 is 0 Å². The largest absolute Gasteiger partial charge is 0.122 e. The summed E-state index contributed by atoms with van der Waals surface area (Å²) in [4.78, 5) is 1.23. The van der Waals surface area contributed by atoms with Crippen molar-refractivity contribution in [3.8, 4) is 0 Å². The fourth-order valence-corrected chi connectivity index (χ4v) is 1.81. The smallest absolute Gasteiger partial charge is 0.0406 e. The van der Waals surface area contributed by atoms with Crippen LogP contribution in [0, 0.1) is 0 Å². The summed E-state index contributed by atoms with van der Waals surface area (Å²) >= 11 is 13.0. The second-order valence-corrected chi connectivity index (χ2v) is 4.23. The van der Waals surface area contributed by atoms with E-state index in [1.807, 2.05) is 30.3 Å². The molecular weight excluding hydrogens is 223 g/mol. The molecule has 0 aromatic heterocycles. The van der Waals surface area contributed by atoms with Crippen LogP contribution < -0.4 is 0 Å². The lowest BCUT2D eigenvalue weighted by Gasteiger charge is -1.97. The first-order valence-electron chi connectivity index (χ1n) is 3.92. The third-order valence-electron chi connectivity index (χ3n) is 1.42. The van der Waals surface area contributed by atoms with Crippen molar-refractivity contribution in [1.29, 1.82) is 0 Å². The van der Waals surface area contributed by atoms with E-state index in [0.717, 1.165) is 10.8 Å².